The number of hydrogen-bond donors (Lipinski definition) is 2. The van der Waals surface area contributed by atoms with Gasteiger partial charge < -0.3 is 11.1 Å². The van der Waals surface area contributed by atoms with Crippen LogP contribution in [0.25, 0.3) is 0 Å². The van der Waals surface area contributed by atoms with Crippen LogP contribution in [0.2, 0.25) is 0 Å². The molecule has 6 nitrogen and oxygen atoms in total. The zero-order valence-electron chi connectivity index (χ0n) is 18.3. The maximum atomic E-state index is 12.5. The van der Waals surface area contributed by atoms with Crippen LogP contribution in [0.5, 0.6) is 0 Å². The first kappa shape index (κ1) is 21.1. The molecule has 0 radical (unpaired) electrons. The zero-order chi connectivity index (χ0) is 21.8. The molecule has 31 heavy (non-hydrogen) atoms. The van der Waals surface area contributed by atoms with E-state index in [9.17, 15) is 4.79 Å². The van der Waals surface area contributed by atoms with Crippen molar-refractivity contribution in [3.05, 3.63) is 77.1 Å². The summed E-state index contributed by atoms with van der Waals surface area (Å²) in [4.78, 5) is 15.1. The predicted molar refractivity (Wildman–Crippen MR) is 125 cm³/mol. The summed E-state index contributed by atoms with van der Waals surface area (Å²) in [7, 11) is 0. The number of nitrogens with one attached hydrogen (secondary N) is 1. The molecule has 1 aliphatic heterocycles. The number of anilines is 2. The molecule has 4 rings (SSSR count). The molecule has 1 fully saturated rings. The Morgan fingerprint density at radius 2 is 1.84 bits per heavy atom. The highest BCUT2D eigenvalue weighted by Gasteiger charge is 2.22. The lowest BCUT2D eigenvalue weighted by atomic mass is 9.89. The van der Waals surface area contributed by atoms with Gasteiger partial charge in [-0.3, -0.25) is 14.4 Å². The van der Waals surface area contributed by atoms with Gasteiger partial charge in [0.25, 0.3) is 5.91 Å². The fourth-order valence-corrected chi connectivity index (χ4v) is 4.25. The quantitative estimate of drug-likeness (QED) is 0.582. The molecule has 6 heteroatoms. The first-order valence-electron chi connectivity index (χ1n) is 11.0. The Hall–Kier alpha value is -3.12. The van der Waals surface area contributed by atoms with Crippen LogP contribution in [0, 0.1) is 6.92 Å². The van der Waals surface area contributed by atoms with Crippen LogP contribution in [-0.4, -0.2) is 33.7 Å². The van der Waals surface area contributed by atoms with E-state index in [1.807, 2.05) is 35.0 Å². The van der Waals surface area contributed by atoms with Crippen LogP contribution in [0.1, 0.15) is 52.9 Å². The Morgan fingerprint density at radius 3 is 2.48 bits per heavy atom. The van der Waals surface area contributed by atoms with Gasteiger partial charge >= 0.3 is 0 Å². The molecule has 2 heterocycles. The minimum atomic E-state index is -0.137. The molecule has 1 aromatic heterocycles. The molecule has 1 saturated heterocycles. The zero-order valence-corrected chi connectivity index (χ0v) is 18.3. The van der Waals surface area contributed by atoms with Crippen LogP contribution in [0.15, 0.2) is 54.7 Å². The highest BCUT2D eigenvalue weighted by molar-refractivity contribution is 6.05. The Kier molecular flexibility index (Phi) is 6.37. The SMILES string of the molecule is CCn1cc(CN2CCC(c3ccc(C(=O)Nc4ccccc4N)cc3)CC2)c(C)n1. The van der Waals surface area contributed by atoms with Crippen molar-refractivity contribution in [2.75, 3.05) is 24.1 Å². The molecule has 0 bridgehead atoms. The Bertz CT molecular complexity index is 1030. The number of aromatic nitrogens is 2. The maximum Gasteiger partial charge on any atom is 0.255 e. The van der Waals surface area contributed by atoms with Gasteiger partial charge in [-0.25, -0.2) is 0 Å². The van der Waals surface area contributed by atoms with Gasteiger partial charge in [0.05, 0.1) is 17.1 Å². The van der Waals surface area contributed by atoms with Crippen molar-refractivity contribution in [2.45, 2.75) is 45.7 Å². The summed E-state index contributed by atoms with van der Waals surface area (Å²) >= 11 is 0. The molecule has 0 unspecified atom stereocenters. The van der Waals surface area contributed by atoms with Crippen molar-refractivity contribution in [3.63, 3.8) is 0 Å². The molecule has 0 spiro atoms. The van der Waals surface area contributed by atoms with Crippen molar-refractivity contribution >= 4 is 17.3 Å². The summed E-state index contributed by atoms with van der Waals surface area (Å²) in [5, 5.41) is 7.45. The summed E-state index contributed by atoms with van der Waals surface area (Å²) in [6.07, 6.45) is 4.44. The average molecular weight is 418 g/mol. The molecule has 1 aliphatic rings. The molecule has 0 atom stereocenters. The van der Waals surface area contributed by atoms with Crippen LogP contribution in [-0.2, 0) is 13.1 Å². The number of nitrogen functional groups attached to an aromatic ring is 1. The molecule has 1 amide bonds. The van der Waals surface area contributed by atoms with Crippen LogP contribution in [0.3, 0.4) is 0 Å². The first-order chi connectivity index (χ1) is 15.0. The van der Waals surface area contributed by atoms with Crippen LogP contribution in [0.4, 0.5) is 11.4 Å². The molecule has 0 saturated carbocycles. The third-order valence-corrected chi connectivity index (χ3v) is 6.21. The third-order valence-electron chi connectivity index (χ3n) is 6.21. The molecule has 0 aliphatic carbocycles. The van der Waals surface area contributed by atoms with Gasteiger partial charge in [0.2, 0.25) is 0 Å². The van der Waals surface area contributed by atoms with E-state index in [0.29, 0.717) is 22.9 Å². The fraction of sp³-hybridized carbons (Fsp3) is 0.360. The van der Waals surface area contributed by atoms with Crippen LogP contribution < -0.4 is 11.1 Å². The number of likely N-dealkylation sites (tertiary alicyclic amines) is 1. The van der Waals surface area contributed by atoms with E-state index in [-0.39, 0.29) is 5.91 Å². The van der Waals surface area contributed by atoms with Crippen molar-refractivity contribution in [1.82, 2.24) is 14.7 Å². The number of piperidine rings is 1. The van der Waals surface area contributed by atoms with Gasteiger partial charge in [0.15, 0.2) is 0 Å². The molecule has 2 aromatic carbocycles. The lowest BCUT2D eigenvalue weighted by molar-refractivity contribution is 0.102. The Labute approximate surface area is 184 Å². The van der Waals surface area contributed by atoms with E-state index in [2.05, 4.69) is 47.5 Å². The van der Waals surface area contributed by atoms with Crippen molar-refractivity contribution in [2.24, 2.45) is 0 Å². The van der Waals surface area contributed by atoms with Crippen molar-refractivity contribution < 1.29 is 4.79 Å². The van der Waals surface area contributed by atoms with Crippen LogP contribution >= 0.6 is 0 Å². The maximum absolute atomic E-state index is 12.5. The predicted octanol–water partition coefficient (Wildman–Crippen LogP) is 4.43. The highest BCUT2D eigenvalue weighted by Crippen LogP contribution is 2.29. The second kappa shape index (κ2) is 9.35. The Balaban J connectivity index is 1.32. The third kappa shape index (κ3) is 4.97. The summed E-state index contributed by atoms with van der Waals surface area (Å²) in [6.45, 7) is 8.26. The minimum absolute atomic E-state index is 0.137. The first-order valence-corrected chi connectivity index (χ1v) is 11.0. The molecule has 3 N–H and O–H groups in total. The second-order valence-electron chi connectivity index (χ2n) is 8.31. The smallest absolute Gasteiger partial charge is 0.255 e. The minimum Gasteiger partial charge on any atom is -0.397 e. The van der Waals surface area contributed by atoms with Gasteiger partial charge in [0, 0.05) is 30.4 Å². The number of amides is 1. The summed E-state index contributed by atoms with van der Waals surface area (Å²) in [5.41, 5.74) is 11.5. The number of rotatable bonds is 6. The summed E-state index contributed by atoms with van der Waals surface area (Å²) in [5.74, 6) is 0.403. The molecule has 3 aromatic rings. The fourth-order valence-electron chi connectivity index (χ4n) is 4.25. The largest absolute Gasteiger partial charge is 0.397 e. The normalized spacial score (nSPS) is 15.2. The lowest BCUT2D eigenvalue weighted by Gasteiger charge is -2.32. The van der Waals surface area contributed by atoms with E-state index >= 15 is 0 Å². The second-order valence-corrected chi connectivity index (χ2v) is 8.31. The molecule has 162 valence electrons. The lowest BCUT2D eigenvalue weighted by Crippen LogP contribution is -2.32. The number of nitrogens with two attached hydrogens (primary N) is 1. The Morgan fingerprint density at radius 1 is 1.13 bits per heavy atom. The highest BCUT2D eigenvalue weighted by atomic mass is 16.1. The number of carbonyl (C=O) groups is 1. The van der Waals surface area contributed by atoms with Gasteiger partial charge in [0.1, 0.15) is 0 Å². The van der Waals surface area contributed by atoms with E-state index in [0.717, 1.165) is 44.7 Å². The number of benzene rings is 2. The average Bonchev–Trinajstić information content (AvgIpc) is 3.15. The van der Waals surface area contributed by atoms with Gasteiger partial charge in [-0.2, -0.15) is 5.10 Å². The van der Waals surface area contributed by atoms with E-state index in [1.165, 1.54) is 11.1 Å². The van der Waals surface area contributed by atoms with Crippen molar-refractivity contribution in [1.29, 1.82) is 0 Å². The number of nitrogens with zero attached hydrogens (tertiary/aromatic N) is 3. The molecular formula is C25H31N5O. The number of hydrogen-bond acceptors (Lipinski definition) is 4. The topological polar surface area (TPSA) is 76.2 Å². The number of aryl methyl sites for hydroxylation is 2. The number of carbonyl (C=O) groups excluding carboxylic acids is 1. The van der Waals surface area contributed by atoms with Gasteiger partial charge in [-0.15, -0.1) is 0 Å². The van der Waals surface area contributed by atoms with Gasteiger partial charge in [-0.05, 0) is 75.5 Å². The monoisotopic (exact) mass is 417 g/mol. The standard InChI is InChI=1S/C25H31N5O/c1-3-30-17-22(18(2)28-30)16-29-14-12-20(13-15-29)19-8-10-21(11-9-19)25(31)27-24-7-5-4-6-23(24)26/h4-11,17,20H,3,12-16,26H2,1-2H3,(H,27,31). The van der Waals surface area contributed by atoms with Gasteiger partial charge in [-0.1, -0.05) is 24.3 Å². The van der Waals surface area contributed by atoms with E-state index in [1.54, 1.807) is 6.07 Å². The van der Waals surface area contributed by atoms with Crippen molar-refractivity contribution in [3.8, 4) is 0 Å². The van der Waals surface area contributed by atoms with E-state index < -0.39 is 0 Å². The van der Waals surface area contributed by atoms with E-state index in [4.69, 9.17) is 5.73 Å². The summed E-state index contributed by atoms with van der Waals surface area (Å²) in [6, 6.07) is 15.3. The molecular weight excluding hydrogens is 386 g/mol. The number of para-hydroxylation sites is 2. The summed E-state index contributed by atoms with van der Waals surface area (Å²) < 4.78 is 2.02.